The number of benzene rings is 9. The van der Waals surface area contributed by atoms with Crippen LogP contribution in [-0.4, -0.2) is 0 Å². The van der Waals surface area contributed by atoms with Gasteiger partial charge in [0, 0.05) is 22.5 Å². The Balaban J connectivity index is 1.02. The average Bonchev–Trinajstić information content (AvgIpc) is 3.50. The summed E-state index contributed by atoms with van der Waals surface area (Å²) >= 11 is 0. The van der Waals surface area contributed by atoms with Crippen molar-refractivity contribution in [3.63, 3.8) is 0 Å². The summed E-state index contributed by atoms with van der Waals surface area (Å²) < 4.78 is 0. The normalized spacial score (nSPS) is 12.6. The summed E-state index contributed by atoms with van der Waals surface area (Å²) in [4.78, 5) is 2.35. The first-order valence-corrected chi connectivity index (χ1v) is 19.5. The molecule has 1 aliphatic carbocycles. The lowest BCUT2D eigenvalue weighted by molar-refractivity contribution is 0.661. The Morgan fingerprint density at radius 1 is 0.304 bits per heavy atom. The third kappa shape index (κ3) is 5.81. The third-order valence-corrected chi connectivity index (χ3v) is 11.7. The number of nitrogens with zero attached hydrogens (tertiary/aromatic N) is 1. The van der Waals surface area contributed by atoms with Crippen molar-refractivity contribution in [2.45, 2.75) is 19.3 Å². The van der Waals surface area contributed by atoms with Gasteiger partial charge in [-0.3, -0.25) is 0 Å². The maximum atomic E-state index is 2.45. The predicted octanol–water partition coefficient (Wildman–Crippen LogP) is 15.3. The van der Waals surface area contributed by atoms with Gasteiger partial charge in [-0.2, -0.15) is 0 Å². The molecule has 1 aliphatic rings. The van der Waals surface area contributed by atoms with E-state index in [1.165, 1.54) is 77.5 Å². The van der Waals surface area contributed by atoms with Crippen molar-refractivity contribution in [1.82, 2.24) is 0 Å². The molecule has 0 spiro atoms. The number of anilines is 3. The van der Waals surface area contributed by atoms with Gasteiger partial charge in [0.25, 0.3) is 0 Å². The zero-order chi connectivity index (χ0) is 37.6. The fourth-order valence-electron chi connectivity index (χ4n) is 8.74. The highest BCUT2D eigenvalue weighted by Gasteiger charge is 2.37. The van der Waals surface area contributed by atoms with E-state index in [1.807, 2.05) is 0 Å². The van der Waals surface area contributed by atoms with Crippen LogP contribution < -0.4 is 4.90 Å². The molecular formula is C55H41N. The second kappa shape index (κ2) is 13.7. The molecule has 0 atom stereocenters. The molecule has 0 unspecified atom stereocenters. The van der Waals surface area contributed by atoms with E-state index in [2.05, 4.69) is 231 Å². The van der Waals surface area contributed by atoms with E-state index in [9.17, 15) is 0 Å². The summed E-state index contributed by atoms with van der Waals surface area (Å²) in [6.07, 6.45) is 0. The van der Waals surface area contributed by atoms with Crippen LogP contribution in [0.1, 0.15) is 25.0 Å². The fraction of sp³-hybridized carbons (Fsp3) is 0.0545. The topological polar surface area (TPSA) is 3.24 Å². The van der Waals surface area contributed by atoms with Crippen molar-refractivity contribution in [2.75, 3.05) is 4.90 Å². The molecule has 0 fully saturated rings. The molecule has 56 heavy (non-hydrogen) atoms. The van der Waals surface area contributed by atoms with Gasteiger partial charge in [-0.25, -0.2) is 0 Å². The van der Waals surface area contributed by atoms with E-state index in [-0.39, 0.29) is 5.41 Å². The Morgan fingerprint density at radius 2 is 0.696 bits per heavy atom. The first kappa shape index (κ1) is 33.6. The van der Waals surface area contributed by atoms with Crippen LogP contribution in [0.5, 0.6) is 0 Å². The minimum absolute atomic E-state index is 0.150. The van der Waals surface area contributed by atoms with Crippen LogP contribution in [0.3, 0.4) is 0 Å². The van der Waals surface area contributed by atoms with E-state index >= 15 is 0 Å². The molecule has 0 bridgehead atoms. The molecule has 0 saturated carbocycles. The number of rotatable bonds is 7. The summed E-state index contributed by atoms with van der Waals surface area (Å²) in [7, 11) is 0. The molecule has 0 aromatic heterocycles. The van der Waals surface area contributed by atoms with Crippen molar-refractivity contribution in [3.05, 3.63) is 223 Å². The Morgan fingerprint density at radius 3 is 1.20 bits per heavy atom. The molecule has 0 amide bonds. The molecule has 1 heteroatoms. The molecule has 0 radical (unpaired) electrons. The molecule has 266 valence electrons. The standard InChI is InChI=1S/C55H41N/c1-55(2)52-36-44(28-35-50(52)54-49-21-13-12-20-48(49)51(37-53(54)55)43-18-10-5-11-19-43)42-26-33-47(34-27-42)56(45-29-22-40(23-30-45)38-14-6-3-7-15-38)46-31-24-41(25-32-46)39-16-8-4-9-17-39/h3-37H,1-2H3. The smallest absolute Gasteiger partial charge is 0.0462 e. The van der Waals surface area contributed by atoms with Gasteiger partial charge in [0.05, 0.1) is 0 Å². The van der Waals surface area contributed by atoms with Gasteiger partial charge in [-0.1, -0.05) is 178 Å². The van der Waals surface area contributed by atoms with Crippen molar-refractivity contribution >= 4 is 27.8 Å². The zero-order valence-corrected chi connectivity index (χ0v) is 31.7. The highest BCUT2D eigenvalue weighted by Crippen LogP contribution is 2.54. The van der Waals surface area contributed by atoms with E-state index in [4.69, 9.17) is 0 Å². The maximum absolute atomic E-state index is 2.45. The molecule has 0 N–H and O–H groups in total. The van der Waals surface area contributed by atoms with Gasteiger partial charge in [-0.15, -0.1) is 0 Å². The molecule has 1 nitrogen and oxygen atoms in total. The first-order chi connectivity index (χ1) is 27.5. The lowest BCUT2D eigenvalue weighted by atomic mass is 9.80. The van der Waals surface area contributed by atoms with E-state index in [1.54, 1.807) is 0 Å². The first-order valence-electron chi connectivity index (χ1n) is 19.5. The minimum atomic E-state index is -0.150. The lowest BCUT2D eigenvalue weighted by Gasteiger charge is -2.26. The summed E-state index contributed by atoms with van der Waals surface area (Å²) in [5, 5.41) is 2.62. The van der Waals surface area contributed by atoms with Crippen LogP contribution in [0.4, 0.5) is 17.1 Å². The molecule has 0 heterocycles. The number of hydrogen-bond acceptors (Lipinski definition) is 1. The van der Waals surface area contributed by atoms with Gasteiger partial charge >= 0.3 is 0 Å². The summed E-state index contributed by atoms with van der Waals surface area (Å²) in [6.45, 7) is 4.77. The SMILES string of the molecule is CC1(C)c2cc(-c3ccc(N(c4ccc(-c5ccccc5)cc4)c4ccc(-c5ccccc5)cc4)cc3)ccc2-c2c1cc(-c1ccccc1)c1ccccc21. The van der Waals surface area contributed by atoms with Crippen LogP contribution in [0, 0.1) is 0 Å². The van der Waals surface area contributed by atoms with Gasteiger partial charge in [0.1, 0.15) is 0 Å². The quantitative estimate of drug-likeness (QED) is 0.159. The van der Waals surface area contributed by atoms with Gasteiger partial charge in [0.2, 0.25) is 0 Å². The Bertz CT molecular complexity index is 2740. The fourth-order valence-corrected chi connectivity index (χ4v) is 8.74. The van der Waals surface area contributed by atoms with Crippen LogP contribution >= 0.6 is 0 Å². The largest absolute Gasteiger partial charge is 0.311 e. The second-order valence-electron chi connectivity index (χ2n) is 15.4. The van der Waals surface area contributed by atoms with Crippen LogP contribution in [0.15, 0.2) is 212 Å². The highest BCUT2D eigenvalue weighted by atomic mass is 15.1. The minimum Gasteiger partial charge on any atom is -0.311 e. The molecule has 10 rings (SSSR count). The molecular weight excluding hydrogens is 675 g/mol. The Kier molecular flexibility index (Phi) is 8.23. The zero-order valence-electron chi connectivity index (χ0n) is 31.7. The predicted molar refractivity (Wildman–Crippen MR) is 238 cm³/mol. The Hall–Kier alpha value is -6.96. The second-order valence-corrected chi connectivity index (χ2v) is 15.4. The molecule has 0 saturated heterocycles. The van der Waals surface area contributed by atoms with E-state index in [0.717, 1.165) is 17.1 Å². The molecule has 9 aromatic carbocycles. The maximum Gasteiger partial charge on any atom is 0.0462 e. The Labute approximate surface area is 329 Å². The van der Waals surface area contributed by atoms with Crippen LogP contribution in [-0.2, 0) is 5.41 Å². The van der Waals surface area contributed by atoms with Crippen LogP contribution in [0.25, 0.3) is 66.4 Å². The van der Waals surface area contributed by atoms with Crippen molar-refractivity contribution in [2.24, 2.45) is 0 Å². The molecule has 9 aromatic rings. The summed E-state index contributed by atoms with van der Waals surface area (Å²) in [6, 6.07) is 77.3. The molecule has 0 aliphatic heterocycles. The summed E-state index contributed by atoms with van der Waals surface area (Å²) in [5.41, 5.74) is 18.5. The van der Waals surface area contributed by atoms with Crippen molar-refractivity contribution in [3.8, 4) is 55.6 Å². The lowest BCUT2D eigenvalue weighted by Crippen LogP contribution is -2.15. The van der Waals surface area contributed by atoms with Gasteiger partial charge in [0.15, 0.2) is 0 Å². The highest BCUT2D eigenvalue weighted by molar-refractivity contribution is 6.09. The average molecular weight is 716 g/mol. The summed E-state index contributed by atoms with van der Waals surface area (Å²) in [5.74, 6) is 0. The van der Waals surface area contributed by atoms with Gasteiger partial charge in [-0.05, 0) is 126 Å². The number of hydrogen-bond donors (Lipinski definition) is 0. The van der Waals surface area contributed by atoms with Crippen LogP contribution in [0.2, 0.25) is 0 Å². The number of fused-ring (bicyclic) bond motifs is 5. The monoisotopic (exact) mass is 715 g/mol. The van der Waals surface area contributed by atoms with Gasteiger partial charge < -0.3 is 4.90 Å². The van der Waals surface area contributed by atoms with E-state index in [0.29, 0.717) is 0 Å². The van der Waals surface area contributed by atoms with E-state index < -0.39 is 0 Å². The van der Waals surface area contributed by atoms with Crippen molar-refractivity contribution in [1.29, 1.82) is 0 Å². The van der Waals surface area contributed by atoms with Crippen molar-refractivity contribution < 1.29 is 0 Å². The third-order valence-electron chi connectivity index (χ3n) is 11.7.